The SMILES string of the molecule is CCC(N)(CC)C(=O)NCc1ccno1. The van der Waals surface area contributed by atoms with Gasteiger partial charge in [-0.1, -0.05) is 19.0 Å². The molecule has 1 rings (SSSR count). The van der Waals surface area contributed by atoms with Crippen LogP contribution in [0.15, 0.2) is 16.8 Å². The van der Waals surface area contributed by atoms with E-state index in [9.17, 15) is 4.79 Å². The molecule has 0 aromatic carbocycles. The standard InChI is InChI=1S/C10H17N3O2/c1-3-10(11,4-2)9(14)12-7-8-5-6-13-15-8/h5-6H,3-4,7,11H2,1-2H3,(H,12,14). The highest BCUT2D eigenvalue weighted by Crippen LogP contribution is 2.11. The van der Waals surface area contributed by atoms with Gasteiger partial charge in [0.1, 0.15) is 0 Å². The first-order valence-corrected chi connectivity index (χ1v) is 5.09. The minimum absolute atomic E-state index is 0.149. The quantitative estimate of drug-likeness (QED) is 0.755. The number of nitrogens with zero attached hydrogens (tertiary/aromatic N) is 1. The lowest BCUT2D eigenvalue weighted by molar-refractivity contribution is -0.126. The Morgan fingerprint density at radius 2 is 2.27 bits per heavy atom. The van der Waals surface area contributed by atoms with Gasteiger partial charge in [-0.25, -0.2) is 0 Å². The molecule has 15 heavy (non-hydrogen) atoms. The third-order valence-corrected chi connectivity index (χ3v) is 2.63. The topological polar surface area (TPSA) is 81.2 Å². The van der Waals surface area contributed by atoms with E-state index in [0.29, 0.717) is 25.1 Å². The third-order valence-electron chi connectivity index (χ3n) is 2.63. The van der Waals surface area contributed by atoms with E-state index in [1.165, 1.54) is 6.20 Å². The molecule has 1 aromatic heterocycles. The number of nitrogens with two attached hydrogens (primary N) is 1. The average Bonchev–Trinajstić information content (AvgIpc) is 2.77. The fraction of sp³-hybridized carbons (Fsp3) is 0.600. The van der Waals surface area contributed by atoms with Gasteiger partial charge in [-0.3, -0.25) is 4.79 Å². The molecule has 84 valence electrons. The minimum Gasteiger partial charge on any atom is -0.360 e. The molecule has 5 nitrogen and oxygen atoms in total. The maximum Gasteiger partial charge on any atom is 0.240 e. The number of hydrogen-bond donors (Lipinski definition) is 2. The maximum absolute atomic E-state index is 11.7. The molecular weight excluding hydrogens is 194 g/mol. The fourth-order valence-electron chi connectivity index (χ4n) is 1.25. The highest BCUT2D eigenvalue weighted by molar-refractivity contribution is 5.85. The number of hydrogen-bond acceptors (Lipinski definition) is 4. The number of rotatable bonds is 5. The molecule has 0 fully saturated rings. The first-order chi connectivity index (χ1) is 7.12. The van der Waals surface area contributed by atoms with Crippen molar-refractivity contribution in [1.29, 1.82) is 0 Å². The molecule has 0 unspecified atom stereocenters. The minimum atomic E-state index is -0.778. The van der Waals surface area contributed by atoms with Crippen molar-refractivity contribution < 1.29 is 9.32 Å². The molecule has 0 aliphatic rings. The zero-order valence-corrected chi connectivity index (χ0v) is 9.12. The number of carbonyl (C=O) groups is 1. The number of amides is 1. The molecular formula is C10H17N3O2. The van der Waals surface area contributed by atoms with E-state index in [2.05, 4.69) is 10.5 Å². The first kappa shape index (κ1) is 11.7. The Morgan fingerprint density at radius 1 is 1.60 bits per heavy atom. The molecule has 1 aromatic rings. The van der Waals surface area contributed by atoms with E-state index in [1.807, 2.05) is 13.8 Å². The van der Waals surface area contributed by atoms with E-state index in [4.69, 9.17) is 10.3 Å². The van der Waals surface area contributed by atoms with E-state index >= 15 is 0 Å². The van der Waals surface area contributed by atoms with Gasteiger partial charge in [0.2, 0.25) is 5.91 Å². The summed E-state index contributed by atoms with van der Waals surface area (Å²) in [4.78, 5) is 11.7. The van der Waals surface area contributed by atoms with Crippen molar-refractivity contribution >= 4 is 5.91 Å². The summed E-state index contributed by atoms with van der Waals surface area (Å²) in [6.07, 6.45) is 2.77. The molecule has 0 atom stereocenters. The predicted molar refractivity (Wildman–Crippen MR) is 55.9 cm³/mol. The van der Waals surface area contributed by atoms with E-state index in [-0.39, 0.29) is 5.91 Å². The summed E-state index contributed by atoms with van der Waals surface area (Å²) in [5.41, 5.74) is 5.14. The van der Waals surface area contributed by atoms with Gasteiger partial charge in [-0.15, -0.1) is 0 Å². The molecule has 0 aliphatic carbocycles. The van der Waals surface area contributed by atoms with Crippen LogP contribution in [0.3, 0.4) is 0 Å². The van der Waals surface area contributed by atoms with E-state index < -0.39 is 5.54 Å². The first-order valence-electron chi connectivity index (χ1n) is 5.09. The van der Waals surface area contributed by atoms with Crippen LogP contribution in [0, 0.1) is 0 Å². The van der Waals surface area contributed by atoms with E-state index in [0.717, 1.165) is 0 Å². The monoisotopic (exact) mass is 211 g/mol. The van der Waals surface area contributed by atoms with Gasteiger partial charge >= 0.3 is 0 Å². The van der Waals surface area contributed by atoms with Crippen molar-refractivity contribution in [3.8, 4) is 0 Å². The van der Waals surface area contributed by atoms with Crippen LogP contribution in [0.5, 0.6) is 0 Å². The molecule has 1 amide bonds. The summed E-state index contributed by atoms with van der Waals surface area (Å²) in [5, 5.41) is 6.27. The van der Waals surface area contributed by atoms with Gasteiger partial charge in [0, 0.05) is 6.07 Å². The molecule has 5 heteroatoms. The van der Waals surface area contributed by atoms with Crippen molar-refractivity contribution in [3.05, 3.63) is 18.0 Å². The summed E-state index contributed by atoms with van der Waals surface area (Å²) in [6, 6.07) is 1.70. The van der Waals surface area contributed by atoms with Gasteiger partial charge in [0.25, 0.3) is 0 Å². The predicted octanol–water partition coefficient (Wildman–Crippen LogP) is 0.808. The Hall–Kier alpha value is -1.36. The second-order valence-electron chi connectivity index (χ2n) is 3.52. The van der Waals surface area contributed by atoms with Crippen molar-refractivity contribution in [2.24, 2.45) is 5.73 Å². The second-order valence-corrected chi connectivity index (χ2v) is 3.52. The lowest BCUT2D eigenvalue weighted by Crippen LogP contribution is -2.52. The summed E-state index contributed by atoms with van der Waals surface area (Å²) in [5.74, 6) is 0.474. The van der Waals surface area contributed by atoms with Crippen LogP contribution in [0.1, 0.15) is 32.4 Å². The number of nitrogens with one attached hydrogen (secondary N) is 1. The lowest BCUT2D eigenvalue weighted by atomic mass is 9.93. The molecule has 1 heterocycles. The van der Waals surface area contributed by atoms with Crippen LogP contribution >= 0.6 is 0 Å². The second kappa shape index (κ2) is 4.93. The van der Waals surface area contributed by atoms with Crippen LogP contribution < -0.4 is 11.1 Å². The fourth-order valence-corrected chi connectivity index (χ4v) is 1.25. The Balaban J connectivity index is 2.48. The average molecular weight is 211 g/mol. The van der Waals surface area contributed by atoms with Gasteiger partial charge in [0.05, 0.1) is 18.3 Å². The van der Waals surface area contributed by atoms with Crippen LogP contribution in [0.2, 0.25) is 0 Å². The van der Waals surface area contributed by atoms with Crippen molar-refractivity contribution in [2.45, 2.75) is 38.8 Å². The zero-order chi connectivity index (χ0) is 11.3. The van der Waals surface area contributed by atoms with Gasteiger partial charge in [-0.2, -0.15) is 0 Å². The highest BCUT2D eigenvalue weighted by Gasteiger charge is 2.29. The Morgan fingerprint density at radius 3 is 2.73 bits per heavy atom. The van der Waals surface area contributed by atoms with Crippen LogP contribution in [0.4, 0.5) is 0 Å². The Kier molecular flexibility index (Phi) is 3.85. The smallest absolute Gasteiger partial charge is 0.240 e. The van der Waals surface area contributed by atoms with Crippen LogP contribution in [-0.2, 0) is 11.3 Å². The van der Waals surface area contributed by atoms with Crippen LogP contribution in [-0.4, -0.2) is 16.6 Å². The molecule has 0 radical (unpaired) electrons. The summed E-state index contributed by atoms with van der Waals surface area (Å²) in [6.45, 7) is 4.13. The van der Waals surface area contributed by atoms with E-state index in [1.54, 1.807) is 6.07 Å². The molecule has 0 saturated heterocycles. The van der Waals surface area contributed by atoms with Crippen LogP contribution in [0.25, 0.3) is 0 Å². The van der Waals surface area contributed by atoms with Crippen molar-refractivity contribution in [2.75, 3.05) is 0 Å². The van der Waals surface area contributed by atoms with Gasteiger partial charge < -0.3 is 15.6 Å². The lowest BCUT2D eigenvalue weighted by Gasteiger charge is -2.24. The molecule has 0 spiro atoms. The molecule has 3 N–H and O–H groups in total. The molecule has 0 bridgehead atoms. The number of carbonyl (C=O) groups excluding carboxylic acids is 1. The van der Waals surface area contributed by atoms with Crippen molar-refractivity contribution in [1.82, 2.24) is 10.5 Å². The van der Waals surface area contributed by atoms with Gasteiger partial charge in [-0.05, 0) is 12.8 Å². The zero-order valence-electron chi connectivity index (χ0n) is 9.12. The largest absolute Gasteiger partial charge is 0.360 e. The summed E-state index contributed by atoms with van der Waals surface area (Å²) < 4.78 is 4.86. The Bertz CT molecular complexity index is 304. The Labute approximate surface area is 89.0 Å². The highest BCUT2D eigenvalue weighted by atomic mass is 16.5. The summed E-state index contributed by atoms with van der Waals surface area (Å²) in [7, 11) is 0. The maximum atomic E-state index is 11.7. The van der Waals surface area contributed by atoms with Gasteiger partial charge in [0.15, 0.2) is 5.76 Å². The normalized spacial score (nSPS) is 11.4. The third kappa shape index (κ3) is 2.79. The van der Waals surface area contributed by atoms with Crippen molar-refractivity contribution in [3.63, 3.8) is 0 Å². The molecule has 0 saturated carbocycles. The molecule has 0 aliphatic heterocycles. The summed E-state index contributed by atoms with van der Waals surface area (Å²) >= 11 is 0. The number of aromatic nitrogens is 1.